The molecule has 3 rings (SSSR count). The fourth-order valence-corrected chi connectivity index (χ4v) is 4.75. The summed E-state index contributed by atoms with van der Waals surface area (Å²) in [5.41, 5.74) is 1.28. The van der Waals surface area contributed by atoms with Crippen molar-refractivity contribution in [1.29, 1.82) is 0 Å². The van der Waals surface area contributed by atoms with Gasteiger partial charge in [-0.2, -0.15) is 0 Å². The topological polar surface area (TPSA) is 128 Å². The first-order valence-electron chi connectivity index (χ1n) is 9.08. The van der Waals surface area contributed by atoms with E-state index in [9.17, 15) is 27.1 Å². The first-order valence-corrected chi connectivity index (χ1v) is 10.7. The van der Waals surface area contributed by atoms with Crippen molar-refractivity contribution >= 4 is 21.8 Å². The molecule has 3 atom stereocenters. The third-order valence-electron chi connectivity index (χ3n) is 4.71. The van der Waals surface area contributed by atoms with Crippen molar-refractivity contribution < 1.29 is 32.2 Å². The van der Waals surface area contributed by atoms with Crippen LogP contribution in [0.15, 0.2) is 42.5 Å². The molecule has 30 heavy (non-hydrogen) atoms. The maximum atomic E-state index is 13.4. The third-order valence-corrected chi connectivity index (χ3v) is 6.02. The summed E-state index contributed by atoms with van der Waals surface area (Å²) in [6, 6.07) is 7.87. The number of rotatable bonds is 7. The summed E-state index contributed by atoms with van der Waals surface area (Å²) in [6.45, 7) is -0.155. The van der Waals surface area contributed by atoms with Gasteiger partial charge in [0.2, 0.25) is 10.0 Å². The molecule has 162 valence electrons. The molecular weight excluding hydrogens is 420 g/mol. The lowest BCUT2D eigenvalue weighted by Gasteiger charge is -2.30. The van der Waals surface area contributed by atoms with Crippen molar-refractivity contribution in [1.82, 2.24) is 10.6 Å². The molecule has 11 heteroatoms. The smallest absolute Gasteiger partial charge is 0.404 e. The zero-order valence-electron chi connectivity index (χ0n) is 15.7. The van der Waals surface area contributed by atoms with Gasteiger partial charge in [-0.05, 0) is 35.7 Å². The molecule has 0 saturated heterocycles. The fourth-order valence-electron chi connectivity index (χ4n) is 3.41. The Morgan fingerprint density at radius 2 is 1.87 bits per heavy atom. The van der Waals surface area contributed by atoms with Gasteiger partial charge < -0.3 is 20.8 Å². The van der Waals surface area contributed by atoms with Crippen molar-refractivity contribution in [2.24, 2.45) is 0 Å². The first kappa shape index (κ1) is 21.9. The van der Waals surface area contributed by atoms with E-state index in [1.54, 1.807) is 24.3 Å². The number of amides is 1. The van der Waals surface area contributed by atoms with Gasteiger partial charge in [-0.15, -0.1) is 0 Å². The lowest BCUT2D eigenvalue weighted by Crippen LogP contribution is -2.49. The molecule has 1 aliphatic heterocycles. The second-order valence-corrected chi connectivity index (χ2v) is 8.80. The minimum absolute atomic E-state index is 0.155. The normalized spacial score (nSPS) is 19.2. The zero-order chi connectivity index (χ0) is 21.9. The van der Waals surface area contributed by atoms with E-state index >= 15 is 0 Å². The Balaban J connectivity index is 1.73. The van der Waals surface area contributed by atoms with Gasteiger partial charge >= 0.3 is 6.09 Å². The number of fused-ring (bicyclic) bond motifs is 1. The van der Waals surface area contributed by atoms with Gasteiger partial charge in [0, 0.05) is 12.6 Å². The molecule has 0 spiro atoms. The standard InChI is InChI=1S/C19H21F2N3O5S/c20-12-5-11(6-13(21)8-12)7-16(23-19(26)27)18(25)9-22-17-10-30(28,29)24-15-4-2-1-3-14(15)17/h1-6,8,16-18,22-25H,7,9-10H2,(H,26,27)/t16-,17?,18+/m0/s1. The number of aliphatic hydroxyl groups is 1. The molecule has 0 bridgehead atoms. The Labute approximate surface area is 172 Å². The minimum Gasteiger partial charge on any atom is -0.465 e. The Kier molecular flexibility index (Phi) is 6.54. The predicted octanol–water partition coefficient (Wildman–Crippen LogP) is 1.59. The van der Waals surface area contributed by atoms with Gasteiger partial charge in [-0.25, -0.2) is 22.0 Å². The molecule has 0 fully saturated rings. The van der Waals surface area contributed by atoms with Gasteiger partial charge in [-0.3, -0.25) is 4.72 Å². The largest absolute Gasteiger partial charge is 0.465 e. The van der Waals surface area contributed by atoms with Crippen molar-refractivity contribution in [3.05, 3.63) is 65.2 Å². The van der Waals surface area contributed by atoms with Gasteiger partial charge in [0.25, 0.3) is 0 Å². The number of hydrogen-bond acceptors (Lipinski definition) is 5. The Morgan fingerprint density at radius 1 is 1.20 bits per heavy atom. The van der Waals surface area contributed by atoms with Crippen LogP contribution in [0.4, 0.5) is 19.3 Å². The van der Waals surface area contributed by atoms with Gasteiger partial charge in [0.15, 0.2) is 0 Å². The summed E-state index contributed by atoms with van der Waals surface area (Å²) in [7, 11) is -3.58. The average molecular weight is 441 g/mol. The lowest BCUT2D eigenvalue weighted by molar-refractivity contribution is 0.115. The molecule has 0 radical (unpaired) electrons. The average Bonchev–Trinajstić information content (AvgIpc) is 2.63. The number of halogens is 2. The van der Waals surface area contributed by atoms with Crippen molar-refractivity contribution in [3.63, 3.8) is 0 Å². The highest BCUT2D eigenvalue weighted by atomic mass is 32.2. The van der Waals surface area contributed by atoms with Gasteiger partial charge in [0.1, 0.15) is 11.6 Å². The van der Waals surface area contributed by atoms with Crippen molar-refractivity contribution in [3.8, 4) is 0 Å². The molecule has 1 amide bonds. The minimum atomic E-state index is -3.58. The molecule has 2 aromatic rings. The third kappa shape index (κ3) is 5.65. The van der Waals surface area contributed by atoms with E-state index in [2.05, 4.69) is 15.4 Å². The van der Waals surface area contributed by atoms with E-state index in [1.807, 2.05) is 0 Å². The van der Waals surface area contributed by atoms with Crippen LogP contribution in [-0.4, -0.2) is 49.2 Å². The van der Waals surface area contributed by atoms with E-state index in [4.69, 9.17) is 5.11 Å². The number of para-hydroxylation sites is 1. The highest BCUT2D eigenvalue weighted by Gasteiger charge is 2.30. The van der Waals surface area contributed by atoms with Crippen LogP contribution >= 0.6 is 0 Å². The van der Waals surface area contributed by atoms with Crippen LogP contribution in [0.25, 0.3) is 0 Å². The zero-order valence-corrected chi connectivity index (χ0v) is 16.5. The summed E-state index contributed by atoms with van der Waals surface area (Å²) < 4.78 is 53.5. The molecule has 5 N–H and O–H groups in total. The fraction of sp³-hybridized carbons (Fsp3) is 0.316. The van der Waals surface area contributed by atoms with Crippen LogP contribution < -0.4 is 15.4 Å². The quantitative estimate of drug-likeness (QED) is 0.444. The van der Waals surface area contributed by atoms with Crippen LogP contribution in [-0.2, 0) is 16.4 Å². The van der Waals surface area contributed by atoms with E-state index < -0.39 is 45.9 Å². The van der Waals surface area contributed by atoms with Gasteiger partial charge in [0.05, 0.1) is 29.6 Å². The van der Waals surface area contributed by atoms with E-state index in [1.165, 1.54) is 0 Å². The monoisotopic (exact) mass is 441 g/mol. The summed E-state index contributed by atoms with van der Waals surface area (Å²) in [5, 5.41) is 24.7. The second-order valence-electron chi connectivity index (χ2n) is 7.04. The molecule has 0 aromatic heterocycles. The van der Waals surface area contributed by atoms with Gasteiger partial charge in [-0.1, -0.05) is 18.2 Å². The van der Waals surface area contributed by atoms with E-state index in [0.717, 1.165) is 12.1 Å². The maximum Gasteiger partial charge on any atom is 0.404 e. The number of nitrogens with one attached hydrogen (secondary N) is 3. The Morgan fingerprint density at radius 3 is 2.53 bits per heavy atom. The lowest BCUT2D eigenvalue weighted by atomic mass is 10.00. The number of sulfonamides is 1. The molecule has 1 heterocycles. The molecule has 8 nitrogen and oxygen atoms in total. The van der Waals surface area contributed by atoms with E-state index in [-0.39, 0.29) is 24.3 Å². The number of benzene rings is 2. The van der Waals surface area contributed by atoms with Crippen molar-refractivity contribution in [2.75, 3.05) is 17.0 Å². The van der Waals surface area contributed by atoms with Crippen molar-refractivity contribution in [2.45, 2.75) is 24.6 Å². The molecule has 2 aromatic carbocycles. The number of hydrogen-bond donors (Lipinski definition) is 5. The number of carbonyl (C=O) groups is 1. The van der Waals surface area contributed by atoms with Crippen LogP contribution in [0.3, 0.4) is 0 Å². The Hall–Kier alpha value is -2.76. The molecule has 0 aliphatic carbocycles. The molecule has 0 saturated carbocycles. The van der Waals surface area contributed by atoms with Crippen LogP contribution in [0.2, 0.25) is 0 Å². The van der Waals surface area contributed by atoms with Crippen LogP contribution in [0, 0.1) is 11.6 Å². The van der Waals surface area contributed by atoms with Crippen LogP contribution in [0.1, 0.15) is 17.2 Å². The highest BCUT2D eigenvalue weighted by molar-refractivity contribution is 7.92. The SMILES string of the molecule is O=C(O)N[C@@H](Cc1cc(F)cc(F)c1)[C@H](O)CNC1CS(=O)(=O)Nc2ccccc21. The van der Waals surface area contributed by atoms with Crippen LogP contribution in [0.5, 0.6) is 0 Å². The molecular formula is C19H21F2N3O5S. The summed E-state index contributed by atoms with van der Waals surface area (Å²) in [5.74, 6) is -1.89. The van der Waals surface area contributed by atoms with E-state index in [0.29, 0.717) is 17.3 Å². The second kappa shape index (κ2) is 8.94. The highest BCUT2D eigenvalue weighted by Crippen LogP contribution is 2.29. The number of carboxylic acid groups (broad SMARTS) is 1. The molecule has 1 unspecified atom stereocenters. The maximum absolute atomic E-state index is 13.4. The number of anilines is 1. The summed E-state index contributed by atoms with van der Waals surface area (Å²) in [6.07, 6.45) is -2.87. The summed E-state index contributed by atoms with van der Waals surface area (Å²) >= 11 is 0. The number of aliphatic hydroxyl groups excluding tert-OH is 1. The Bertz CT molecular complexity index is 1010. The predicted molar refractivity (Wildman–Crippen MR) is 106 cm³/mol. The first-order chi connectivity index (χ1) is 14.1. The molecule has 1 aliphatic rings. The summed E-state index contributed by atoms with van der Waals surface area (Å²) in [4.78, 5) is 11.1.